The molecule has 178 valence electrons. The second-order valence-corrected chi connectivity index (χ2v) is 8.75. The standard InChI is InChI=1S/C26H32N6O2/c1-3-8-24(25-28-29-30-32(25)17-20-9-5-4-6-10-20)31(13-7-14-33)18-22-16-21-15-19(2)11-12-23(21)27-26(22)34/h4-6,9-12,15-16,24,33H,3,7-8,13-14,17-18H2,1-2H3,(H,27,34)/t24-/m0/s1. The van der Waals surface area contributed by atoms with E-state index in [0.29, 0.717) is 31.6 Å². The van der Waals surface area contributed by atoms with Crippen molar-refractivity contribution in [1.29, 1.82) is 0 Å². The van der Waals surface area contributed by atoms with Gasteiger partial charge in [0, 0.05) is 30.8 Å². The normalized spacial score (nSPS) is 12.5. The fourth-order valence-corrected chi connectivity index (χ4v) is 4.39. The monoisotopic (exact) mass is 460 g/mol. The van der Waals surface area contributed by atoms with Crippen LogP contribution in [0.25, 0.3) is 10.9 Å². The van der Waals surface area contributed by atoms with E-state index in [9.17, 15) is 9.90 Å². The lowest BCUT2D eigenvalue weighted by atomic mass is 10.1. The second-order valence-electron chi connectivity index (χ2n) is 8.75. The molecule has 0 aliphatic heterocycles. The van der Waals surface area contributed by atoms with Crippen molar-refractivity contribution in [2.24, 2.45) is 0 Å². The molecule has 0 unspecified atom stereocenters. The van der Waals surface area contributed by atoms with E-state index in [4.69, 9.17) is 0 Å². The minimum atomic E-state index is -0.0931. The van der Waals surface area contributed by atoms with Gasteiger partial charge < -0.3 is 10.1 Å². The van der Waals surface area contributed by atoms with E-state index >= 15 is 0 Å². The average Bonchev–Trinajstić information content (AvgIpc) is 3.29. The zero-order chi connectivity index (χ0) is 23.9. The van der Waals surface area contributed by atoms with Gasteiger partial charge >= 0.3 is 0 Å². The van der Waals surface area contributed by atoms with Gasteiger partial charge in [-0.25, -0.2) is 4.68 Å². The summed E-state index contributed by atoms with van der Waals surface area (Å²) in [5, 5.41) is 23.2. The quantitative estimate of drug-likeness (QED) is 0.355. The Morgan fingerprint density at radius 1 is 1.15 bits per heavy atom. The molecule has 0 saturated carbocycles. The van der Waals surface area contributed by atoms with Gasteiger partial charge in [-0.1, -0.05) is 55.3 Å². The largest absolute Gasteiger partial charge is 0.396 e. The maximum absolute atomic E-state index is 12.9. The number of aromatic amines is 1. The number of nitrogens with one attached hydrogen (secondary N) is 1. The Balaban J connectivity index is 1.68. The number of aryl methyl sites for hydroxylation is 1. The fourth-order valence-electron chi connectivity index (χ4n) is 4.39. The number of nitrogens with zero attached hydrogens (tertiary/aromatic N) is 5. The Hall–Kier alpha value is -3.36. The van der Waals surface area contributed by atoms with Crippen LogP contribution in [0.4, 0.5) is 0 Å². The van der Waals surface area contributed by atoms with E-state index in [1.807, 2.05) is 48.0 Å². The summed E-state index contributed by atoms with van der Waals surface area (Å²) in [7, 11) is 0. The summed E-state index contributed by atoms with van der Waals surface area (Å²) in [5.74, 6) is 0.775. The van der Waals surface area contributed by atoms with Crippen molar-refractivity contribution in [3.05, 3.63) is 87.5 Å². The third-order valence-electron chi connectivity index (χ3n) is 6.09. The van der Waals surface area contributed by atoms with Crippen LogP contribution in [0.1, 0.15) is 54.7 Å². The van der Waals surface area contributed by atoms with Crippen molar-refractivity contribution < 1.29 is 5.11 Å². The summed E-state index contributed by atoms with van der Waals surface area (Å²) in [6.45, 7) is 5.91. The van der Waals surface area contributed by atoms with Crippen molar-refractivity contribution in [1.82, 2.24) is 30.1 Å². The summed E-state index contributed by atoms with van der Waals surface area (Å²) in [5.41, 5.74) is 3.70. The highest BCUT2D eigenvalue weighted by molar-refractivity contribution is 5.79. The minimum Gasteiger partial charge on any atom is -0.396 e. The molecule has 2 heterocycles. The van der Waals surface area contributed by atoms with Gasteiger partial charge in [0.05, 0.1) is 12.6 Å². The van der Waals surface area contributed by atoms with Gasteiger partial charge in [-0.3, -0.25) is 9.69 Å². The average molecular weight is 461 g/mol. The van der Waals surface area contributed by atoms with Crippen LogP contribution in [0.2, 0.25) is 0 Å². The zero-order valence-electron chi connectivity index (χ0n) is 19.8. The van der Waals surface area contributed by atoms with Gasteiger partial charge in [0.25, 0.3) is 5.56 Å². The van der Waals surface area contributed by atoms with E-state index < -0.39 is 0 Å². The molecular formula is C26H32N6O2. The highest BCUT2D eigenvalue weighted by Crippen LogP contribution is 2.26. The van der Waals surface area contributed by atoms with E-state index in [0.717, 1.165) is 40.7 Å². The fraction of sp³-hybridized carbons (Fsp3) is 0.385. The first-order chi connectivity index (χ1) is 16.6. The Bertz CT molecular complexity index is 1270. The first-order valence-electron chi connectivity index (χ1n) is 11.9. The number of aromatic nitrogens is 5. The topological polar surface area (TPSA) is 99.9 Å². The Labute approximate surface area is 199 Å². The van der Waals surface area contributed by atoms with Gasteiger partial charge in [0.2, 0.25) is 0 Å². The zero-order valence-corrected chi connectivity index (χ0v) is 19.8. The lowest BCUT2D eigenvalue weighted by molar-refractivity contribution is 0.148. The van der Waals surface area contributed by atoms with Crippen LogP contribution in [0.5, 0.6) is 0 Å². The van der Waals surface area contributed by atoms with Crippen LogP contribution in [-0.4, -0.2) is 48.3 Å². The van der Waals surface area contributed by atoms with E-state index in [-0.39, 0.29) is 18.2 Å². The summed E-state index contributed by atoms with van der Waals surface area (Å²) >= 11 is 0. The van der Waals surface area contributed by atoms with Gasteiger partial charge in [-0.2, -0.15) is 0 Å². The Morgan fingerprint density at radius 2 is 1.97 bits per heavy atom. The third-order valence-corrected chi connectivity index (χ3v) is 6.09. The molecule has 0 aliphatic rings. The van der Waals surface area contributed by atoms with Crippen molar-refractivity contribution in [3.8, 4) is 0 Å². The number of benzene rings is 2. The molecule has 0 bridgehead atoms. The molecule has 34 heavy (non-hydrogen) atoms. The molecule has 2 aromatic heterocycles. The number of hydrogen-bond donors (Lipinski definition) is 2. The number of H-pyrrole nitrogens is 1. The van der Waals surface area contributed by atoms with Crippen LogP contribution < -0.4 is 5.56 Å². The predicted molar refractivity (Wildman–Crippen MR) is 132 cm³/mol. The van der Waals surface area contributed by atoms with Crippen molar-refractivity contribution in [2.45, 2.75) is 52.2 Å². The molecule has 0 fully saturated rings. The maximum atomic E-state index is 12.9. The van der Waals surface area contributed by atoms with Crippen LogP contribution in [-0.2, 0) is 13.1 Å². The molecule has 0 spiro atoms. The second kappa shape index (κ2) is 11.2. The summed E-state index contributed by atoms with van der Waals surface area (Å²) in [4.78, 5) is 18.2. The summed E-state index contributed by atoms with van der Waals surface area (Å²) < 4.78 is 1.84. The lowest BCUT2D eigenvalue weighted by Crippen LogP contribution is -2.34. The SMILES string of the molecule is CCC[C@@H](c1nnnn1Cc1ccccc1)N(CCCO)Cc1cc2cc(C)ccc2[nH]c1=O. The summed E-state index contributed by atoms with van der Waals surface area (Å²) in [6, 6.07) is 18.0. The Kier molecular flexibility index (Phi) is 7.82. The molecule has 2 aromatic carbocycles. The van der Waals surface area contributed by atoms with Crippen molar-refractivity contribution in [3.63, 3.8) is 0 Å². The Morgan fingerprint density at radius 3 is 2.74 bits per heavy atom. The van der Waals surface area contributed by atoms with Crippen molar-refractivity contribution in [2.75, 3.05) is 13.2 Å². The lowest BCUT2D eigenvalue weighted by Gasteiger charge is -2.30. The number of fused-ring (bicyclic) bond motifs is 1. The first kappa shape index (κ1) is 23.8. The molecule has 0 aliphatic carbocycles. The number of tetrazole rings is 1. The van der Waals surface area contributed by atoms with Crippen LogP contribution in [0.15, 0.2) is 59.4 Å². The van der Waals surface area contributed by atoms with Crippen LogP contribution >= 0.6 is 0 Å². The van der Waals surface area contributed by atoms with Gasteiger partial charge in [0.15, 0.2) is 5.82 Å². The molecule has 8 heteroatoms. The third kappa shape index (κ3) is 5.58. The predicted octanol–water partition coefficient (Wildman–Crippen LogP) is 3.60. The molecule has 0 saturated heterocycles. The van der Waals surface area contributed by atoms with Crippen LogP contribution in [0, 0.1) is 6.92 Å². The summed E-state index contributed by atoms with van der Waals surface area (Å²) in [6.07, 6.45) is 2.38. The first-order valence-corrected chi connectivity index (χ1v) is 11.9. The molecule has 1 atom stereocenters. The molecule has 0 radical (unpaired) electrons. The van der Waals surface area contributed by atoms with Gasteiger partial charge in [-0.15, -0.1) is 5.10 Å². The number of aliphatic hydroxyl groups is 1. The van der Waals surface area contributed by atoms with Crippen LogP contribution in [0.3, 0.4) is 0 Å². The molecular weight excluding hydrogens is 428 g/mol. The molecule has 0 amide bonds. The smallest absolute Gasteiger partial charge is 0.252 e. The highest BCUT2D eigenvalue weighted by Gasteiger charge is 2.26. The van der Waals surface area contributed by atoms with Gasteiger partial charge in [-0.05, 0) is 59.3 Å². The van der Waals surface area contributed by atoms with Crippen molar-refractivity contribution >= 4 is 10.9 Å². The molecule has 4 rings (SSSR count). The van der Waals surface area contributed by atoms with E-state index in [2.05, 4.69) is 50.5 Å². The van der Waals surface area contributed by atoms with E-state index in [1.165, 1.54) is 0 Å². The van der Waals surface area contributed by atoms with Gasteiger partial charge in [0.1, 0.15) is 0 Å². The minimum absolute atomic E-state index is 0.0807. The number of aliphatic hydroxyl groups excluding tert-OH is 1. The molecule has 2 N–H and O–H groups in total. The highest BCUT2D eigenvalue weighted by atomic mass is 16.3. The number of rotatable bonds is 11. The molecule has 8 nitrogen and oxygen atoms in total. The number of pyridine rings is 1. The maximum Gasteiger partial charge on any atom is 0.252 e. The van der Waals surface area contributed by atoms with E-state index in [1.54, 1.807) is 0 Å². The number of hydrogen-bond acceptors (Lipinski definition) is 6. The molecule has 4 aromatic rings.